The van der Waals surface area contributed by atoms with Gasteiger partial charge >= 0.3 is 0 Å². The van der Waals surface area contributed by atoms with Crippen LogP contribution in [0.15, 0.2) is 17.5 Å². The van der Waals surface area contributed by atoms with Crippen molar-refractivity contribution in [1.82, 2.24) is 10.2 Å². The van der Waals surface area contributed by atoms with Crippen LogP contribution in [0.4, 0.5) is 0 Å². The largest absolute Gasteiger partial charge is 0.354 e. The summed E-state index contributed by atoms with van der Waals surface area (Å²) < 4.78 is 0. The molecule has 0 radical (unpaired) electrons. The molecule has 0 aliphatic rings. The van der Waals surface area contributed by atoms with Crippen molar-refractivity contribution in [2.24, 2.45) is 0 Å². The maximum atomic E-state index is 11.4. The molecular weight excluding hydrogens is 288 g/mol. The van der Waals surface area contributed by atoms with Crippen LogP contribution in [-0.4, -0.2) is 36.8 Å². The summed E-state index contributed by atoms with van der Waals surface area (Å²) in [4.78, 5) is 14.8. The van der Waals surface area contributed by atoms with Crippen LogP contribution in [0.3, 0.4) is 0 Å². The number of halogens is 1. The molecule has 1 amide bonds. The van der Waals surface area contributed by atoms with E-state index in [0.29, 0.717) is 18.3 Å². The van der Waals surface area contributed by atoms with Gasteiger partial charge in [-0.3, -0.25) is 4.79 Å². The van der Waals surface area contributed by atoms with Crippen LogP contribution in [0.2, 0.25) is 0 Å². The van der Waals surface area contributed by atoms with E-state index < -0.39 is 0 Å². The summed E-state index contributed by atoms with van der Waals surface area (Å²) in [6, 6.07) is 4.40. The van der Waals surface area contributed by atoms with Gasteiger partial charge in [-0.2, -0.15) is 0 Å². The lowest BCUT2D eigenvalue weighted by Crippen LogP contribution is -2.34. The molecule has 1 rings (SSSR count). The molecule has 90 valence electrons. The van der Waals surface area contributed by atoms with Gasteiger partial charge in [-0.15, -0.1) is 11.3 Å². The second kappa shape index (κ2) is 7.04. The second-order valence-electron chi connectivity index (χ2n) is 3.74. The average Bonchev–Trinajstić information content (AvgIpc) is 2.71. The summed E-state index contributed by atoms with van der Waals surface area (Å²) in [6.45, 7) is 0.666. The van der Waals surface area contributed by atoms with Crippen LogP contribution in [0.1, 0.15) is 17.3 Å². The predicted molar refractivity (Wildman–Crippen MR) is 72.2 cm³/mol. The number of thiophene rings is 1. The van der Waals surface area contributed by atoms with Crippen LogP contribution in [0.5, 0.6) is 0 Å². The van der Waals surface area contributed by atoms with E-state index in [9.17, 15) is 4.79 Å². The Morgan fingerprint density at radius 2 is 2.38 bits per heavy atom. The van der Waals surface area contributed by atoms with E-state index in [1.807, 2.05) is 20.2 Å². The van der Waals surface area contributed by atoms with Gasteiger partial charge in [0.05, 0.1) is 6.04 Å². The number of hydrogen-bond acceptors (Lipinski definition) is 3. The minimum Gasteiger partial charge on any atom is -0.354 e. The molecule has 0 aliphatic heterocycles. The number of likely N-dealkylation sites (N-methyl/N-ethyl adjacent to an activating group) is 1. The molecule has 0 spiro atoms. The topological polar surface area (TPSA) is 32.3 Å². The zero-order valence-corrected chi connectivity index (χ0v) is 12.0. The molecule has 1 heterocycles. The smallest absolute Gasteiger partial charge is 0.220 e. The van der Waals surface area contributed by atoms with E-state index >= 15 is 0 Å². The van der Waals surface area contributed by atoms with Crippen molar-refractivity contribution in [3.63, 3.8) is 0 Å². The van der Waals surface area contributed by atoms with E-state index in [0.717, 1.165) is 0 Å². The monoisotopic (exact) mass is 304 g/mol. The third kappa shape index (κ3) is 4.23. The molecule has 0 fully saturated rings. The Kier molecular flexibility index (Phi) is 6.01. The fraction of sp³-hybridized carbons (Fsp3) is 0.545. The van der Waals surface area contributed by atoms with Crippen molar-refractivity contribution in [2.45, 2.75) is 12.5 Å². The van der Waals surface area contributed by atoms with E-state index in [1.54, 1.807) is 11.3 Å². The lowest BCUT2D eigenvalue weighted by Gasteiger charge is -2.23. The van der Waals surface area contributed by atoms with Crippen molar-refractivity contribution in [1.29, 1.82) is 0 Å². The van der Waals surface area contributed by atoms with Crippen LogP contribution in [0, 0.1) is 0 Å². The Bertz CT molecular complexity index is 314. The Morgan fingerprint density at radius 1 is 1.62 bits per heavy atom. The first kappa shape index (κ1) is 13.7. The fourth-order valence-corrected chi connectivity index (χ4v) is 2.69. The quantitative estimate of drug-likeness (QED) is 0.818. The van der Waals surface area contributed by atoms with Crippen molar-refractivity contribution in [3.8, 4) is 0 Å². The highest BCUT2D eigenvalue weighted by Crippen LogP contribution is 2.22. The van der Waals surface area contributed by atoms with Gasteiger partial charge in [0.15, 0.2) is 0 Å². The summed E-state index contributed by atoms with van der Waals surface area (Å²) >= 11 is 4.98. The molecule has 0 saturated carbocycles. The minimum atomic E-state index is 0.0975. The van der Waals surface area contributed by atoms with Crippen LogP contribution < -0.4 is 5.32 Å². The number of rotatable bonds is 6. The Balaban J connectivity index is 2.50. The van der Waals surface area contributed by atoms with Gasteiger partial charge in [-0.25, -0.2) is 0 Å². The standard InChI is InChI=1S/C11H17BrN2OS/c1-14(2)9(10-4-3-7-16-10)8-13-11(15)5-6-12/h3-4,7,9H,5-6,8H2,1-2H3,(H,13,15). The maximum Gasteiger partial charge on any atom is 0.220 e. The normalized spacial score (nSPS) is 12.8. The number of carbonyl (C=O) groups is 1. The molecule has 1 aromatic heterocycles. The van der Waals surface area contributed by atoms with E-state index in [4.69, 9.17) is 0 Å². The number of nitrogens with one attached hydrogen (secondary N) is 1. The second-order valence-corrected chi connectivity index (χ2v) is 5.51. The highest BCUT2D eigenvalue weighted by Gasteiger charge is 2.15. The summed E-state index contributed by atoms with van der Waals surface area (Å²) in [5.74, 6) is 0.0975. The van der Waals surface area contributed by atoms with Gasteiger partial charge in [-0.05, 0) is 25.5 Å². The zero-order chi connectivity index (χ0) is 12.0. The summed E-state index contributed by atoms with van der Waals surface area (Å²) in [5, 5.41) is 5.72. The number of nitrogens with zero attached hydrogens (tertiary/aromatic N) is 1. The van der Waals surface area contributed by atoms with Crippen molar-refractivity contribution < 1.29 is 4.79 Å². The van der Waals surface area contributed by atoms with Crippen LogP contribution >= 0.6 is 27.3 Å². The van der Waals surface area contributed by atoms with E-state index in [1.165, 1.54) is 4.88 Å². The highest BCUT2D eigenvalue weighted by molar-refractivity contribution is 9.09. The van der Waals surface area contributed by atoms with Gasteiger partial charge in [0.2, 0.25) is 5.91 Å². The molecule has 16 heavy (non-hydrogen) atoms. The molecule has 1 aromatic rings. The summed E-state index contributed by atoms with van der Waals surface area (Å²) in [6.07, 6.45) is 0.532. The molecule has 3 nitrogen and oxygen atoms in total. The number of hydrogen-bond donors (Lipinski definition) is 1. The van der Waals surface area contributed by atoms with Gasteiger partial charge in [0.25, 0.3) is 0 Å². The van der Waals surface area contributed by atoms with E-state index in [-0.39, 0.29) is 11.9 Å². The average molecular weight is 305 g/mol. The van der Waals surface area contributed by atoms with Gasteiger partial charge < -0.3 is 10.2 Å². The number of carbonyl (C=O) groups excluding carboxylic acids is 1. The van der Waals surface area contributed by atoms with Gasteiger partial charge in [0, 0.05) is 23.2 Å². The lowest BCUT2D eigenvalue weighted by molar-refractivity contribution is -0.120. The fourth-order valence-electron chi connectivity index (χ4n) is 1.40. The molecule has 0 saturated heterocycles. The molecule has 0 aliphatic carbocycles. The number of amides is 1. The van der Waals surface area contributed by atoms with Crippen molar-refractivity contribution in [2.75, 3.05) is 26.0 Å². The molecule has 0 bridgehead atoms. The maximum absolute atomic E-state index is 11.4. The SMILES string of the molecule is CN(C)C(CNC(=O)CCBr)c1cccs1. The van der Waals surface area contributed by atoms with Crippen molar-refractivity contribution >= 4 is 33.2 Å². The minimum absolute atomic E-state index is 0.0975. The highest BCUT2D eigenvalue weighted by atomic mass is 79.9. The zero-order valence-electron chi connectivity index (χ0n) is 9.57. The van der Waals surface area contributed by atoms with Crippen LogP contribution in [0.25, 0.3) is 0 Å². The molecule has 1 atom stereocenters. The molecule has 0 aromatic carbocycles. The van der Waals surface area contributed by atoms with Crippen LogP contribution in [-0.2, 0) is 4.79 Å². The Labute approximate surface area is 109 Å². The summed E-state index contributed by atoms with van der Waals surface area (Å²) in [7, 11) is 4.06. The summed E-state index contributed by atoms with van der Waals surface area (Å²) in [5.41, 5.74) is 0. The molecule has 1 unspecified atom stereocenters. The van der Waals surface area contributed by atoms with E-state index in [2.05, 4.69) is 37.6 Å². The first-order valence-corrected chi connectivity index (χ1v) is 7.17. The lowest BCUT2D eigenvalue weighted by atomic mass is 10.2. The predicted octanol–water partition coefficient (Wildman–Crippen LogP) is 2.25. The Hall–Kier alpha value is -0.390. The van der Waals surface area contributed by atoms with Crippen molar-refractivity contribution in [3.05, 3.63) is 22.4 Å². The van der Waals surface area contributed by atoms with Gasteiger partial charge in [0.1, 0.15) is 0 Å². The molecular formula is C11H17BrN2OS. The molecule has 1 N–H and O–H groups in total. The third-order valence-corrected chi connectivity index (χ3v) is 3.68. The van der Waals surface area contributed by atoms with Gasteiger partial charge in [-0.1, -0.05) is 22.0 Å². The Morgan fingerprint density at radius 3 is 2.88 bits per heavy atom. The first-order chi connectivity index (χ1) is 7.65. The molecule has 5 heteroatoms. The first-order valence-electron chi connectivity index (χ1n) is 5.17. The third-order valence-electron chi connectivity index (χ3n) is 2.31. The number of alkyl halides is 1.